The Morgan fingerprint density at radius 2 is 1.28 bits per heavy atom. The molecule has 0 unspecified atom stereocenters. The summed E-state index contributed by atoms with van der Waals surface area (Å²) in [5, 5.41) is 0. The van der Waals surface area contributed by atoms with Gasteiger partial charge in [-0.1, -0.05) is 91.1 Å². The van der Waals surface area contributed by atoms with Crippen LogP contribution >= 0.6 is 0 Å². The average molecular weight is 480 g/mol. The molecule has 3 rings (SSSR count). The summed E-state index contributed by atoms with van der Waals surface area (Å²) in [7, 11) is 0. The van der Waals surface area contributed by atoms with E-state index in [1.165, 1.54) is 39.2 Å². The minimum Gasteiger partial charge on any atom is -0.310 e. The second-order valence-electron chi connectivity index (χ2n) is 11.6. The van der Waals surface area contributed by atoms with Crippen LogP contribution in [0, 0.1) is 20.8 Å². The predicted molar refractivity (Wildman–Crippen MR) is 161 cm³/mol. The summed E-state index contributed by atoms with van der Waals surface area (Å²) in [6, 6.07) is 20.6. The lowest BCUT2D eigenvalue weighted by molar-refractivity contribution is 0.439. The highest BCUT2D eigenvalue weighted by molar-refractivity contribution is 5.83. The molecule has 0 spiro atoms. The summed E-state index contributed by atoms with van der Waals surface area (Å²) in [6.07, 6.45) is 4.09. The molecule has 0 N–H and O–H groups in total. The van der Waals surface area contributed by atoms with E-state index in [2.05, 4.69) is 135 Å². The smallest absolute Gasteiger partial charge is 0.0520 e. The van der Waals surface area contributed by atoms with Crippen molar-refractivity contribution in [3.8, 4) is 0 Å². The Labute approximate surface area is 220 Å². The second-order valence-corrected chi connectivity index (χ2v) is 11.6. The molecule has 3 aromatic carbocycles. The first-order valence-electron chi connectivity index (χ1n) is 13.3. The Hall–Kier alpha value is -3.06. The molecule has 190 valence electrons. The minimum absolute atomic E-state index is 0.106. The largest absolute Gasteiger partial charge is 0.310 e. The Kier molecular flexibility index (Phi) is 8.04. The van der Waals surface area contributed by atoms with Crippen LogP contribution in [-0.2, 0) is 10.8 Å². The van der Waals surface area contributed by atoms with Gasteiger partial charge in [0.15, 0.2) is 0 Å². The third-order valence-corrected chi connectivity index (χ3v) is 8.02. The molecule has 3 aromatic rings. The van der Waals surface area contributed by atoms with Gasteiger partial charge in [-0.2, -0.15) is 0 Å². The van der Waals surface area contributed by atoms with Gasteiger partial charge in [0.25, 0.3) is 0 Å². The lowest BCUT2D eigenvalue weighted by Crippen LogP contribution is -2.20. The normalized spacial score (nSPS) is 11.9. The van der Waals surface area contributed by atoms with Crippen LogP contribution in [0.1, 0.15) is 87.8 Å². The van der Waals surface area contributed by atoms with Crippen molar-refractivity contribution in [2.24, 2.45) is 0 Å². The molecular weight excluding hydrogens is 434 g/mol. The molecule has 0 aliphatic heterocycles. The summed E-state index contributed by atoms with van der Waals surface area (Å²) in [5.74, 6) is 0. The number of hydrogen-bond acceptors (Lipinski definition) is 1. The first kappa shape index (κ1) is 27.5. The highest BCUT2D eigenvalue weighted by Crippen LogP contribution is 2.42. The monoisotopic (exact) mass is 479 g/mol. The van der Waals surface area contributed by atoms with Crippen LogP contribution in [0.15, 0.2) is 73.8 Å². The fourth-order valence-corrected chi connectivity index (χ4v) is 5.08. The summed E-state index contributed by atoms with van der Waals surface area (Å²) in [6.45, 7) is 28.5. The first-order valence-corrected chi connectivity index (χ1v) is 13.3. The van der Waals surface area contributed by atoms with Crippen LogP contribution in [0.5, 0.6) is 0 Å². The van der Waals surface area contributed by atoms with E-state index in [4.69, 9.17) is 0 Å². The van der Waals surface area contributed by atoms with Gasteiger partial charge >= 0.3 is 0 Å². The maximum atomic E-state index is 4.17. The van der Waals surface area contributed by atoms with Gasteiger partial charge in [-0.25, -0.2) is 0 Å². The molecule has 36 heavy (non-hydrogen) atoms. The number of hydrogen-bond donors (Lipinski definition) is 0. The Balaban J connectivity index is 2.24. The van der Waals surface area contributed by atoms with E-state index in [1.807, 2.05) is 6.08 Å². The Bertz CT molecular complexity index is 1220. The third kappa shape index (κ3) is 5.36. The van der Waals surface area contributed by atoms with Crippen molar-refractivity contribution in [3.05, 3.63) is 107 Å². The van der Waals surface area contributed by atoms with E-state index in [1.54, 1.807) is 0 Å². The predicted octanol–water partition coefficient (Wildman–Crippen LogP) is 10.7. The number of nitrogens with zero attached hydrogens (tertiary/aromatic N) is 1. The molecule has 0 aliphatic rings. The van der Waals surface area contributed by atoms with Gasteiger partial charge in [0, 0.05) is 11.4 Å². The van der Waals surface area contributed by atoms with Crippen molar-refractivity contribution in [3.63, 3.8) is 0 Å². The topological polar surface area (TPSA) is 3.24 Å². The Morgan fingerprint density at radius 3 is 1.72 bits per heavy atom. The Morgan fingerprint density at radius 1 is 0.750 bits per heavy atom. The summed E-state index contributed by atoms with van der Waals surface area (Å²) in [4.78, 5) is 2.42. The van der Waals surface area contributed by atoms with Crippen molar-refractivity contribution in [2.75, 3.05) is 4.90 Å². The molecule has 0 aliphatic carbocycles. The van der Waals surface area contributed by atoms with Crippen LogP contribution in [0.4, 0.5) is 17.1 Å². The van der Waals surface area contributed by atoms with Crippen LogP contribution in [0.3, 0.4) is 0 Å². The number of anilines is 3. The van der Waals surface area contributed by atoms with Gasteiger partial charge in [0.2, 0.25) is 0 Å². The summed E-state index contributed by atoms with van der Waals surface area (Å²) in [5.41, 5.74) is 12.5. The van der Waals surface area contributed by atoms with E-state index in [9.17, 15) is 0 Å². The highest BCUT2D eigenvalue weighted by Gasteiger charge is 2.24. The zero-order valence-electron chi connectivity index (χ0n) is 24.0. The lowest BCUT2D eigenvalue weighted by atomic mass is 9.78. The molecular formula is C35H45N. The first-order chi connectivity index (χ1) is 16.9. The molecule has 0 atom stereocenters. The van der Waals surface area contributed by atoms with Crippen LogP contribution in [0.25, 0.3) is 5.57 Å². The van der Waals surface area contributed by atoms with Crippen molar-refractivity contribution in [1.29, 1.82) is 0 Å². The molecule has 0 aromatic heterocycles. The number of allylic oxidation sites excluding steroid dienone is 2. The summed E-state index contributed by atoms with van der Waals surface area (Å²) < 4.78 is 0. The van der Waals surface area contributed by atoms with E-state index < -0.39 is 0 Å². The molecule has 0 radical (unpaired) electrons. The SMILES string of the molecule is C=CC(=C)c1ccc(N(c2ccc(C(C)(CC)CC)cc2)c2c(C)cc(C(C)(C)C)cc2C)cc1C. The number of rotatable bonds is 8. The molecule has 1 nitrogen and oxygen atoms in total. The zero-order chi connectivity index (χ0) is 26.8. The molecule has 0 amide bonds. The quantitative estimate of drug-likeness (QED) is 0.290. The highest BCUT2D eigenvalue weighted by atomic mass is 15.1. The summed E-state index contributed by atoms with van der Waals surface area (Å²) >= 11 is 0. The van der Waals surface area contributed by atoms with Crippen LogP contribution in [-0.4, -0.2) is 0 Å². The van der Waals surface area contributed by atoms with Gasteiger partial charge in [-0.05, 0) is 108 Å². The maximum absolute atomic E-state index is 4.17. The van der Waals surface area contributed by atoms with Crippen molar-refractivity contribution < 1.29 is 0 Å². The van der Waals surface area contributed by atoms with Gasteiger partial charge in [-0.15, -0.1) is 0 Å². The molecule has 1 heteroatoms. The standard InChI is InChI=1S/C35H45N/c1-12-24(4)32-20-19-31(23-25(32)5)36(30-17-15-28(16-18-30)35(11,13-2)14-3)33-26(6)21-29(22-27(33)7)34(8,9)10/h12,15-23H,1,4,13-14H2,2-3,5-11H3. The molecule has 0 saturated carbocycles. The van der Waals surface area contributed by atoms with E-state index in [-0.39, 0.29) is 10.8 Å². The number of benzene rings is 3. The average Bonchev–Trinajstić information content (AvgIpc) is 2.84. The fraction of sp³-hybridized carbons (Fsp3) is 0.371. The fourth-order valence-electron chi connectivity index (χ4n) is 5.08. The van der Waals surface area contributed by atoms with Gasteiger partial charge in [0.05, 0.1) is 5.69 Å². The minimum atomic E-state index is 0.106. The van der Waals surface area contributed by atoms with Gasteiger partial charge < -0.3 is 4.90 Å². The van der Waals surface area contributed by atoms with Crippen molar-refractivity contribution >= 4 is 22.6 Å². The van der Waals surface area contributed by atoms with Gasteiger partial charge in [0.1, 0.15) is 0 Å². The third-order valence-electron chi connectivity index (χ3n) is 8.02. The second kappa shape index (κ2) is 10.5. The van der Waals surface area contributed by atoms with Crippen molar-refractivity contribution in [1.82, 2.24) is 0 Å². The molecule has 0 fully saturated rings. The maximum Gasteiger partial charge on any atom is 0.0520 e. The zero-order valence-corrected chi connectivity index (χ0v) is 24.0. The lowest BCUT2D eigenvalue weighted by Gasteiger charge is -2.32. The van der Waals surface area contributed by atoms with Gasteiger partial charge in [-0.3, -0.25) is 0 Å². The van der Waals surface area contributed by atoms with Crippen LogP contribution < -0.4 is 4.90 Å². The molecule has 0 bridgehead atoms. The van der Waals surface area contributed by atoms with Crippen LogP contribution in [0.2, 0.25) is 0 Å². The van der Waals surface area contributed by atoms with E-state index in [0.29, 0.717) is 0 Å². The molecule has 0 heterocycles. The van der Waals surface area contributed by atoms with E-state index in [0.717, 1.165) is 29.7 Å². The molecule has 0 saturated heterocycles. The van der Waals surface area contributed by atoms with Crippen molar-refractivity contribution in [2.45, 2.75) is 86.0 Å². The van der Waals surface area contributed by atoms with E-state index >= 15 is 0 Å². The number of aryl methyl sites for hydroxylation is 3.